The molecule has 0 spiro atoms. The molecule has 1 aromatic rings. The van der Waals surface area contributed by atoms with Crippen LogP contribution in [0.4, 0.5) is 0 Å². The fourth-order valence-corrected chi connectivity index (χ4v) is 2.84. The van der Waals surface area contributed by atoms with Crippen LogP contribution in [0.25, 0.3) is 0 Å². The van der Waals surface area contributed by atoms with Gasteiger partial charge in [-0.05, 0) is 49.0 Å². The minimum atomic E-state index is -0.616. The number of nitrogens with zero attached hydrogens (tertiary/aromatic N) is 1. The molecular formula is C18H29N3O5S2. The molecule has 0 fully saturated rings. The van der Waals surface area contributed by atoms with Gasteiger partial charge < -0.3 is 20.5 Å². The van der Waals surface area contributed by atoms with E-state index in [4.69, 9.17) is 5.73 Å². The average Bonchev–Trinajstić information content (AvgIpc) is 2.74. The first kappa shape index (κ1) is 26.2. The maximum atomic E-state index is 11.9. The Morgan fingerprint density at radius 2 is 1.71 bits per heavy atom. The van der Waals surface area contributed by atoms with Gasteiger partial charge in [0.05, 0.1) is 19.8 Å². The number of aromatic nitrogens is 1. The van der Waals surface area contributed by atoms with Crippen molar-refractivity contribution in [1.29, 1.82) is 0 Å². The van der Waals surface area contributed by atoms with E-state index in [-0.39, 0.29) is 11.9 Å². The molecule has 1 rings (SSSR count). The van der Waals surface area contributed by atoms with Crippen molar-refractivity contribution in [2.45, 2.75) is 24.9 Å². The third kappa shape index (κ3) is 11.2. The van der Waals surface area contributed by atoms with Crippen molar-refractivity contribution in [2.75, 3.05) is 38.2 Å². The molecule has 0 aliphatic heterocycles. The first-order chi connectivity index (χ1) is 13.4. The molecule has 0 saturated heterocycles. The molecular weight excluding hydrogens is 402 g/mol. The summed E-state index contributed by atoms with van der Waals surface area (Å²) in [7, 11) is 2.66. The number of amides is 1. The third-order valence-corrected chi connectivity index (χ3v) is 4.75. The van der Waals surface area contributed by atoms with Gasteiger partial charge in [-0.25, -0.2) is 4.79 Å². The van der Waals surface area contributed by atoms with Gasteiger partial charge >= 0.3 is 11.9 Å². The fraction of sp³-hybridized carbons (Fsp3) is 0.556. The Labute approximate surface area is 174 Å². The molecule has 8 nitrogen and oxygen atoms in total. The van der Waals surface area contributed by atoms with Crippen LogP contribution in [0.1, 0.15) is 23.2 Å². The van der Waals surface area contributed by atoms with E-state index < -0.39 is 18.1 Å². The summed E-state index contributed by atoms with van der Waals surface area (Å²) in [5, 5.41) is 2.65. The van der Waals surface area contributed by atoms with Crippen LogP contribution in [0.15, 0.2) is 24.5 Å². The summed E-state index contributed by atoms with van der Waals surface area (Å²) < 4.78 is 9.10. The Hall–Kier alpha value is -1.78. The fourth-order valence-electron chi connectivity index (χ4n) is 1.88. The third-order valence-electron chi connectivity index (χ3n) is 3.46. The summed E-state index contributed by atoms with van der Waals surface area (Å²) in [5.74, 6) is 0.596. The van der Waals surface area contributed by atoms with Gasteiger partial charge in [0.2, 0.25) is 0 Å². The van der Waals surface area contributed by atoms with Crippen LogP contribution in [0.5, 0.6) is 0 Å². The van der Waals surface area contributed by atoms with Gasteiger partial charge in [0.25, 0.3) is 5.91 Å². The molecule has 158 valence electrons. The van der Waals surface area contributed by atoms with E-state index in [1.165, 1.54) is 20.4 Å². The molecule has 28 heavy (non-hydrogen) atoms. The normalized spacial score (nSPS) is 12.0. The summed E-state index contributed by atoms with van der Waals surface area (Å²) in [6, 6.07) is 2.25. The van der Waals surface area contributed by atoms with E-state index in [2.05, 4.69) is 19.8 Å². The number of pyridine rings is 1. The minimum absolute atomic E-state index is 0.320. The van der Waals surface area contributed by atoms with Gasteiger partial charge in [0.1, 0.15) is 12.1 Å². The number of ether oxygens (including phenoxy) is 2. The number of hydrogen-bond donors (Lipinski definition) is 2. The minimum Gasteiger partial charge on any atom is -0.468 e. The molecule has 0 radical (unpaired) electrons. The van der Waals surface area contributed by atoms with Crippen molar-refractivity contribution in [2.24, 2.45) is 5.73 Å². The zero-order valence-electron chi connectivity index (χ0n) is 16.7. The lowest BCUT2D eigenvalue weighted by atomic mass is 10.2. The summed E-state index contributed by atoms with van der Waals surface area (Å²) in [6.07, 6.45) is 8.19. The lowest BCUT2D eigenvalue weighted by Gasteiger charge is -2.15. The van der Waals surface area contributed by atoms with Gasteiger partial charge in [-0.15, -0.1) is 0 Å². The smallest absolute Gasteiger partial charge is 0.328 e. The predicted molar refractivity (Wildman–Crippen MR) is 113 cm³/mol. The van der Waals surface area contributed by atoms with Gasteiger partial charge in [-0.2, -0.15) is 23.5 Å². The molecule has 10 heteroatoms. The second-order valence-corrected chi connectivity index (χ2v) is 7.45. The van der Waals surface area contributed by atoms with Crippen molar-refractivity contribution in [3.8, 4) is 0 Å². The Morgan fingerprint density at radius 1 is 1.11 bits per heavy atom. The molecule has 0 aromatic carbocycles. The van der Waals surface area contributed by atoms with Crippen LogP contribution in [0.2, 0.25) is 0 Å². The number of rotatable bonds is 10. The van der Waals surface area contributed by atoms with Crippen molar-refractivity contribution >= 4 is 41.4 Å². The van der Waals surface area contributed by atoms with Crippen molar-refractivity contribution < 1.29 is 23.9 Å². The highest BCUT2D eigenvalue weighted by Gasteiger charge is 2.21. The summed E-state index contributed by atoms with van der Waals surface area (Å²) in [5.41, 5.74) is 5.85. The van der Waals surface area contributed by atoms with Gasteiger partial charge in [0.15, 0.2) is 0 Å². The van der Waals surface area contributed by atoms with Gasteiger partial charge in [-0.1, -0.05) is 0 Å². The van der Waals surface area contributed by atoms with E-state index in [1.54, 1.807) is 41.9 Å². The molecule has 2 atom stereocenters. The summed E-state index contributed by atoms with van der Waals surface area (Å²) in [6.45, 7) is 0. The van der Waals surface area contributed by atoms with Crippen LogP contribution >= 0.6 is 23.5 Å². The maximum absolute atomic E-state index is 11.9. The van der Waals surface area contributed by atoms with E-state index in [0.29, 0.717) is 18.4 Å². The molecule has 1 heterocycles. The lowest BCUT2D eigenvalue weighted by Crippen LogP contribution is -2.41. The van der Waals surface area contributed by atoms with Crippen LogP contribution in [0, 0.1) is 0 Å². The predicted octanol–water partition coefficient (Wildman–Crippen LogP) is 1.35. The topological polar surface area (TPSA) is 121 Å². The molecule has 1 amide bonds. The van der Waals surface area contributed by atoms with E-state index in [0.717, 1.165) is 11.5 Å². The van der Waals surface area contributed by atoms with Crippen LogP contribution in [-0.4, -0.2) is 73.2 Å². The number of nitrogens with two attached hydrogens (primary N) is 1. The highest BCUT2D eigenvalue weighted by atomic mass is 32.2. The number of hydrogen-bond acceptors (Lipinski definition) is 9. The molecule has 0 bridgehead atoms. The summed E-state index contributed by atoms with van der Waals surface area (Å²) >= 11 is 3.28. The molecule has 2 unspecified atom stereocenters. The highest BCUT2D eigenvalue weighted by Crippen LogP contribution is 2.04. The van der Waals surface area contributed by atoms with E-state index in [9.17, 15) is 14.4 Å². The first-order valence-corrected chi connectivity index (χ1v) is 11.3. The largest absolute Gasteiger partial charge is 0.468 e. The van der Waals surface area contributed by atoms with Gasteiger partial charge in [-0.3, -0.25) is 14.6 Å². The second-order valence-electron chi connectivity index (χ2n) is 5.48. The summed E-state index contributed by atoms with van der Waals surface area (Å²) in [4.78, 5) is 37.9. The standard InChI is InChI=1S/C12H16N2O3S.C6H13NO2S/c1-17-12(16)10(5-7-18-2)14-11(15)9-4-3-6-13-8-9;1-9-6(8)5(7)3-4-10-2/h3-4,6,8,10H,5,7H2,1-2H3,(H,14,15);5H,3-4,7H2,1-2H3. The highest BCUT2D eigenvalue weighted by molar-refractivity contribution is 7.98. The van der Waals surface area contributed by atoms with E-state index >= 15 is 0 Å². The first-order valence-electron chi connectivity index (χ1n) is 8.51. The van der Waals surface area contributed by atoms with Crippen molar-refractivity contribution in [3.05, 3.63) is 30.1 Å². The van der Waals surface area contributed by atoms with Crippen molar-refractivity contribution in [3.63, 3.8) is 0 Å². The lowest BCUT2D eigenvalue weighted by molar-refractivity contribution is -0.143. The molecule has 3 N–H and O–H groups in total. The molecule has 1 aromatic heterocycles. The molecule has 0 aliphatic carbocycles. The Kier molecular flexibility index (Phi) is 15.2. The van der Waals surface area contributed by atoms with Crippen LogP contribution in [-0.2, 0) is 19.1 Å². The second kappa shape index (κ2) is 16.2. The Morgan fingerprint density at radius 3 is 2.21 bits per heavy atom. The Balaban J connectivity index is 0.000000621. The monoisotopic (exact) mass is 431 g/mol. The number of carbonyl (C=O) groups excluding carboxylic acids is 3. The number of thioether (sulfide) groups is 2. The quantitative estimate of drug-likeness (QED) is 0.529. The molecule has 0 aliphatic rings. The van der Waals surface area contributed by atoms with E-state index in [1.807, 2.05) is 12.5 Å². The van der Waals surface area contributed by atoms with Crippen LogP contribution < -0.4 is 11.1 Å². The van der Waals surface area contributed by atoms with Crippen molar-refractivity contribution in [1.82, 2.24) is 10.3 Å². The van der Waals surface area contributed by atoms with Gasteiger partial charge in [0, 0.05) is 12.4 Å². The number of esters is 2. The van der Waals surface area contributed by atoms with Crippen LogP contribution in [0.3, 0.4) is 0 Å². The zero-order valence-corrected chi connectivity index (χ0v) is 18.3. The average molecular weight is 432 g/mol. The SMILES string of the molecule is COC(=O)C(CCSC)NC(=O)c1cccnc1.COC(=O)C(N)CCSC. The number of nitrogens with one attached hydrogen (secondary N) is 1. The number of carbonyl (C=O) groups is 3. The number of methoxy groups -OCH3 is 2. The molecule has 0 saturated carbocycles. The Bertz CT molecular complexity index is 590. The zero-order chi connectivity index (χ0) is 21.4. The maximum Gasteiger partial charge on any atom is 0.328 e.